The smallest absolute Gasteiger partial charge is 0.481 e. The van der Waals surface area contributed by atoms with Crippen molar-refractivity contribution in [3.63, 3.8) is 0 Å². The van der Waals surface area contributed by atoms with Crippen molar-refractivity contribution < 1.29 is 29.3 Å². The van der Waals surface area contributed by atoms with E-state index in [4.69, 9.17) is 10.2 Å². The van der Waals surface area contributed by atoms with Crippen molar-refractivity contribution in [3.8, 4) is 0 Å². The van der Waals surface area contributed by atoms with E-state index in [1.165, 1.54) is 11.3 Å². The summed E-state index contributed by atoms with van der Waals surface area (Å²) in [6, 6.07) is 1.58. The molecule has 0 aliphatic carbocycles. The Balaban J connectivity index is 2.96. The average Bonchev–Trinajstić information content (AvgIpc) is 2.75. The highest BCUT2D eigenvalue weighted by molar-refractivity contribution is 7.38. The number of hydrogen-bond donors (Lipinski definition) is 3. The van der Waals surface area contributed by atoms with Crippen molar-refractivity contribution in [2.45, 2.75) is 18.5 Å². The minimum atomic E-state index is -2.73. The van der Waals surface area contributed by atoms with E-state index in [9.17, 15) is 19.0 Å². The second-order valence-electron chi connectivity index (χ2n) is 3.68. The van der Waals surface area contributed by atoms with Crippen molar-refractivity contribution in [1.82, 2.24) is 0 Å². The molecule has 0 saturated carbocycles. The van der Waals surface area contributed by atoms with Crippen LogP contribution in [0.15, 0.2) is 16.8 Å². The van der Waals surface area contributed by atoms with Gasteiger partial charge in [0.25, 0.3) is 0 Å². The fourth-order valence-electron chi connectivity index (χ4n) is 1.65. The monoisotopic (exact) mass is 291 g/mol. The Kier molecular flexibility index (Phi) is 5.40. The van der Waals surface area contributed by atoms with Crippen molar-refractivity contribution >= 4 is 31.3 Å². The lowest BCUT2D eigenvalue weighted by molar-refractivity contribution is -0.143. The number of thiophene rings is 1. The molecule has 6 nitrogen and oxygen atoms in total. The van der Waals surface area contributed by atoms with Crippen molar-refractivity contribution in [2.75, 3.05) is 0 Å². The van der Waals surface area contributed by atoms with Crippen LogP contribution < -0.4 is 0 Å². The highest BCUT2D eigenvalue weighted by atomic mass is 32.1. The van der Waals surface area contributed by atoms with E-state index in [2.05, 4.69) is 0 Å². The van der Waals surface area contributed by atoms with E-state index in [0.717, 1.165) is 0 Å². The number of aliphatic carboxylic acids is 2. The molecule has 8 heteroatoms. The van der Waals surface area contributed by atoms with Crippen LogP contribution in [-0.4, -0.2) is 27.0 Å². The molecule has 18 heavy (non-hydrogen) atoms. The summed E-state index contributed by atoms with van der Waals surface area (Å²) in [5, 5.41) is 20.9. The summed E-state index contributed by atoms with van der Waals surface area (Å²) >= 11 is 1.29. The predicted molar refractivity (Wildman–Crippen MR) is 64.9 cm³/mol. The number of carbonyl (C=O) groups is 2. The summed E-state index contributed by atoms with van der Waals surface area (Å²) < 4.78 is 11.3. The topological polar surface area (TPSA) is 112 Å². The van der Waals surface area contributed by atoms with Crippen LogP contribution in [0.4, 0.5) is 0 Å². The second kappa shape index (κ2) is 6.58. The van der Waals surface area contributed by atoms with Gasteiger partial charge in [-0.05, 0) is 27.8 Å². The Hall–Kier alpha value is -1.30. The van der Waals surface area contributed by atoms with Gasteiger partial charge in [0.1, 0.15) is 5.92 Å². The minimum absolute atomic E-state index is 0.174. The van der Waals surface area contributed by atoms with E-state index in [-0.39, 0.29) is 12.8 Å². The van der Waals surface area contributed by atoms with Crippen LogP contribution in [0.25, 0.3) is 0 Å². The molecule has 0 aliphatic rings. The Labute approximate surface area is 108 Å². The third-order valence-electron chi connectivity index (χ3n) is 2.49. The van der Waals surface area contributed by atoms with Gasteiger partial charge in [-0.15, -0.1) is 0 Å². The van der Waals surface area contributed by atoms with Gasteiger partial charge in [0.05, 0.1) is 0 Å². The SMILES string of the molecule is O=C(O)CCC(C(=O)O)C(c1ccsc1)[P+](=O)O. The molecule has 1 aromatic heterocycles. The number of carboxylic acid groups (broad SMARTS) is 2. The molecule has 0 amide bonds. The molecular formula is C10H12O6PS+. The van der Waals surface area contributed by atoms with E-state index in [1.54, 1.807) is 16.8 Å². The summed E-state index contributed by atoms with van der Waals surface area (Å²) in [4.78, 5) is 30.9. The van der Waals surface area contributed by atoms with Gasteiger partial charge in [-0.25, -0.2) is 0 Å². The van der Waals surface area contributed by atoms with E-state index in [1.807, 2.05) is 0 Å². The zero-order chi connectivity index (χ0) is 13.7. The van der Waals surface area contributed by atoms with Crippen LogP contribution >= 0.6 is 19.4 Å². The number of hydrogen-bond acceptors (Lipinski definition) is 4. The van der Waals surface area contributed by atoms with Crippen molar-refractivity contribution in [3.05, 3.63) is 22.4 Å². The summed E-state index contributed by atoms with van der Waals surface area (Å²) in [6.45, 7) is 0. The summed E-state index contributed by atoms with van der Waals surface area (Å²) in [6.07, 6.45) is -0.520. The maximum atomic E-state index is 11.3. The van der Waals surface area contributed by atoms with Crippen LogP contribution in [-0.2, 0) is 14.2 Å². The van der Waals surface area contributed by atoms with Gasteiger partial charge < -0.3 is 10.2 Å². The molecule has 0 saturated heterocycles. The van der Waals surface area contributed by atoms with Gasteiger partial charge >= 0.3 is 20.0 Å². The first-order chi connectivity index (χ1) is 8.43. The quantitative estimate of drug-likeness (QED) is 0.663. The molecule has 1 aromatic rings. The Morgan fingerprint density at radius 2 is 2.06 bits per heavy atom. The molecule has 0 fully saturated rings. The summed E-state index contributed by atoms with van der Waals surface area (Å²) in [7, 11) is -2.73. The predicted octanol–water partition coefficient (Wildman–Crippen LogP) is 2.09. The maximum absolute atomic E-state index is 11.3. The van der Waals surface area contributed by atoms with Crippen LogP contribution in [0.5, 0.6) is 0 Å². The Morgan fingerprint density at radius 3 is 2.44 bits per heavy atom. The molecule has 0 bridgehead atoms. The van der Waals surface area contributed by atoms with Gasteiger partial charge in [-0.2, -0.15) is 16.2 Å². The summed E-state index contributed by atoms with van der Waals surface area (Å²) in [5.74, 6) is -3.56. The highest BCUT2D eigenvalue weighted by Gasteiger charge is 2.43. The lowest BCUT2D eigenvalue weighted by Gasteiger charge is -2.12. The van der Waals surface area contributed by atoms with E-state index in [0.29, 0.717) is 5.56 Å². The average molecular weight is 291 g/mol. The van der Waals surface area contributed by atoms with Gasteiger partial charge in [-0.1, -0.05) is 0 Å². The van der Waals surface area contributed by atoms with Crippen LogP contribution in [0.2, 0.25) is 0 Å². The van der Waals surface area contributed by atoms with E-state index >= 15 is 0 Å². The molecule has 3 N–H and O–H groups in total. The summed E-state index contributed by atoms with van der Waals surface area (Å²) in [5.41, 5.74) is -0.607. The number of rotatable bonds is 7. The molecule has 1 heterocycles. The largest absolute Gasteiger partial charge is 0.514 e. The van der Waals surface area contributed by atoms with Gasteiger partial charge in [0.15, 0.2) is 0 Å². The third-order valence-corrected chi connectivity index (χ3v) is 4.33. The minimum Gasteiger partial charge on any atom is -0.481 e. The molecule has 0 aromatic carbocycles. The molecule has 0 aliphatic heterocycles. The van der Waals surface area contributed by atoms with Gasteiger partial charge in [-0.3, -0.25) is 9.59 Å². The fourth-order valence-corrected chi connectivity index (χ4v) is 3.45. The first-order valence-corrected chi connectivity index (χ1v) is 7.28. The molecule has 3 unspecified atom stereocenters. The molecule has 1 rings (SSSR count). The van der Waals surface area contributed by atoms with Gasteiger partial charge in [0, 0.05) is 12.0 Å². The fraction of sp³-hybridized carbons (Fsp3) is 0.400. The molecular weight excluding hydrogens is 279 g/mol. The molecule has 0 radical (unpaired) electrons. The second-order valence-corrected chi connectivity index (χ2v) is 5.62. The van der Waals surface area contributed by atoms with Crippen molar-refractivity contribution in [2.24, 2.45) is 5.92 Å². The molecule has 98 valence electrons. The normalized spacial score (nSPS) is 14.8. The first kappa shape index (κ1) is 14.8. The first-order valence-electron chi connectivity index (χ1n) is 5.05. The molecule has 3 atom stereocenters. The lowest BCUT2D eigenvalue weighted by Crippen LogP contribution is -2.21. The zero-order valence-electron chi connectivity index (χ0n) is 9.22. The zero-order valence-corrected chi connectivity index (χ0v) is 10.9. The number of carboxylic acids is 2. The molecule has 0 spiro atoms. The standard InChI is InChI=1S/C10H11O6PS/c11-8(12)2-1-7(10(13)14)9(17(15)16)6-3-4-18-5-6/h3-5,7,9H,1-2H2,(H2-,11,12,13,14,15,16)/p+1. The van der Waals surface area contributed by atoms with E-state index < -0.39 is 31.5 Å². The maximum Gasteiger partial charge on any atom is 0.514 e. The Morgan fingerprint density at radius 1 is 1.39 bits per heavy atom. The van der Waals surface area contributed by atoms with Crippen molar-refractivity contribution in [1.29, 1.82) is 0 Å². The van der Waals surface area contributed by atoms with Crippen LogP contribution in [0.1, 0.15) is 24.1 Å². The van der Waals surface area contributed by atoms with Gasteiger partial charge in [0.2, 0.25) is 5.66 Å². The Bertz CT molecular complexity index is 443. The lowest BCUT2D eigenvalue weighted by atomic mass is 9.95. The highest BCUT2D eigenvalue weighted by Crippen LogP contribution is 2.45. The van der Waals surface area contributed by atoms with Crippen LogP contribution in [0, 0.1) is 5.92 Å². The van der Waals surface area contributed by atoms with Crippen LogP contribution in [0.3, 0.4) is 0 Å². The third kappa shape index (κ3) is 3.87.